The van der Waals surface area contributed by atoms with Gasteiger partial charge in [-0.3, -0.25) is 0 Å². The molecule has 0 aliphatic heterocycles. The van der Waals surface area contributed by atoms with E-state index in [9.17, 15) is 0 Å². The normalized spacial score (nSPS) is 24.5. The molecule has 1 atom stereocenters. The number of fused-ring (bicyclic) bond motifs is 2. The molecule has 0 spiro atoms. The Bertz CT molecular complexity index is 596. The van der Waals surface area contributed by atoms with Gasteiger partial charge in [-0.15, -0.1) is 0 Å². The van der Waals surface area contributed by atoms with Gasteiger partial charge < -0.3 is 0 Å². The number of rotatable bonds is 1. The van der Waals surface area contributed by atoms with Crippen molar-refractivity contribution in [2.24, 2.45) is 5.92 Å². The maximum absolute atomic E-state index is 2.36. The van der Waals surface area contributed by atoms with E-state index < -0.39 is 0 Å². The number of hydrogen-bond acceptors (Lipinski definition) is 0. The first-order valence-corrected chi connectivity index (χ1v) is 6.55. The van der Waals surface area contributed by atoms with E-state index in [1.54, 1.807) is 22.3 Å². The van der Waals surface area contributed by atoms with Gasteiger partial charge in [-0.25, -0.2) is 0 Å². The van der Waals surface area contributed by atoms with Crippen LogP contribution < -0.4 is 0 Å². The van der Waals surface area contributed by atoms with Crippen LogP contribution in [0, 0.1) is 5.92 Å². The lowest BCUT2D eigenvalue weighted by atomic mass is 9.78. The zero-order valence-electron chi connectivity index (χ0n) is 10.2. The molecule has 1 unspecified atom stereocenters. The first-order chi connectivity index (χ1) is 8.34. The monoisotopic (exact) mass is 220 g/mol. The van der Waals surface area contributed by atoms with E-state index in [1.165, 1.54) is 24.0 Å². The van der Waals surface area contributed by atoms with Crippen molar-refractivity contribution in [3.63, 3.8) is 0 Å². The highest BCUT2D eigenvalue weighted by molar-refractivity contribution is 5.90. The summed E-state index contributed by atoms with van der Waals surface area (Å²) in [7, 11) is 0. The molecule has 0 bridgehead atoms. The maximum Gasteiger partial charge on any atom is -0.00520 e. The third kappa shape index (κ3) is 1.18. The molecule has 1 aromatic rings. The Morgan fingerprint density at radius 2 is 2.18 bits per heavy atom. The lowest BCUT2D eigenvalue weighted by Gasteiger charge is -2.27. The zero-order chi connectivity index (χ0) is 11.4. The van der Waals surface area contributed by atoms with Crippen LogP contribution in [0.4, 0.5) is 0 Å². The third-order valence-electron chi connectivity index (χ3n) is 4.44. The first-order valence-electron chi connectivity index (χ1n) is 6.55. The number of allylic oxidation sites excluding steroid dienone is 6. The Kier molecular flexibility index (Phi) is 1.80. The van der Waals surface area contributed by atoms with Gasteiger partial charge in [0.15, 0.2) is 0 Å². The van der Waals surface area contributed by atoms with Crippen LogP contribution in [-0.4, -0.2) is 0 Å². The molecule has 0 saturated carbocycles. The van der Waals surface area contributed by atoms with Gasteiger partial charge in [0.25, 0.3) is 0 Å². The van der Waals surface area contributed by atoms with E-state index >= 15 is 0 Å². The fourth-order valence-corrected chi connectivity index (χ4v) is 3.49. The largest absolute Gasteiger partial charge is 0.0801 e. The number of benzene rings is 1. The summed E-state index contributed by atoms with van der Waals surface area (Å²) in [5.41, 5.74) is 9.50. The second-order valence-electron chi connectivity index (χ2n) is 5.45. The molecule has 4 rings (SSSR count). The maximum atomic E-state index is 2.36. The summed E-state index contributed by atoms with van der Waals surface area (Å²) in [6.45, 7) is 2.36. The Balaban J connectivity index is 1.89. The van der Waals surface area contributed by atoms with Gasteiger partial charge in [0, 0.05) is 0 Å². The summed E-state index contributed by atoms with van der Waals surface area (Å²) in [6.07, 6.45) is 10.3. The third-order valence-corrected chi connectivity index (χ3v) is 4.44. The molecule has 0 fully saturated rings. The first kappa shape index (κ1) is 9.47. The summed E-state index contributed by atoms with van der Waals surface area (Å²) in [4.78, 5) is 0. The van der Waals surface area contributed by atoms with Gasteiger partial charge in [-0.1, -0.05) is 48.9 Å². The molecule has 3 aliphatic carbocycles. The number of hydrogen-bond donors (Lipinski definition) is 0. The van der Waals surface area contributed by atoms with Crippen molar-refractivity contribution in [3.8, 4) is 0 Å². The average molecular weight is 220 g/mol. The van der Waals surface area contributed by atoms with Crippen LogP contribution in [0.1, 0.15) is 36.5 Å². The Morgan fingerprint density at radius 3 is 2.94 bits per heavy atom. The summed E-state index contributed by atoms with van der Waals surface area (Å²) < 4.78 is 0. The van der Waals surface area contributed by atoms with Crippen molar-refractivity contribution in [2.75, 3.05) is 0 Å². The Hall–Kier alpha value is -1.56. The van der Waals surface area contributed by atoms with Gasteiger partial charge >= 0.3 is 0 Å². The topological polar surface area (TPSA) is 0 Å². The molecule has 3 aliphatic rings. The molecule has 0 nitrogen and oxygen atoms in total. The van der Waals surface area contributed by atoms with E-state index in [4.69, 9.17) is 0 Å². The Labute approximate surface area is 102 Å². The van der Waals surface area contributed by atoms with E-state index in [1.807, 2.05) is 0 Å². The lowest BCUT2D eigenvalue weighted by Crippen LogP contribution is -2.11. The van der Waals surface area contributed by atoms with Crippen molar-refractivity contribution in [3.05, 3.63) is 58.7 Å². The van der Waals surface area contributed by atoms with Gasteiger partial charge in [-0.05, 0) is 53.0 Å². The van der Waals surface area contributed by atoms with Crippen molar-refractivity contribution >= 4 is 11.1 Å². The molecule has 0 N–H and O–H groups in total. The van der Waals surface area contributed by atoms with Crippen molar-refractivity contribution in [2.45, 2.75) is 26.2 Å². The van der Waals surface area contributed by atoms with Gasteiger partial charge in [0.2, 0.25) is 0 Å². The van der Waals surface area contributed by atoms with Crippen molar-refractivity contribution in [1.29, 1.82) is 0 Å². The van der Waals surface area contributed by atoms with Crippen molar-refractivity contribution < 1.29 is 0 Å². The molecule has 0 heterocycles. The van der Waals surface area contributed by atoms with Crippen LogP contribution in [0.2, 0.25) is 0 Å². The molecule has 0 amide bonds. The fraction of sp³-hybridized carbons (Fsp3) is 0.294. The average Bonchev–Trinajstić information content (AvgIpc) is 2.94. The molecule has 0 heteroatoms. The minimum absolute atomic E-state index is 0.820. The summed E-state index contributed by atoms with van der Waals surface area (Å²) in [5, 5.41) is 0. The molecule has 0 aromatic heterocycles. The highest BCUT2D eigenvalue weighted by Crippen LogP contribution is 2.51. The predicted molar refractivity (Wildman–Crippen MR) is 72.6 cm³/mol. The zero-order valence-corrected chi connectivity index (χ0v) is 10.2. The van der Waals surface area contributed by atoms with E-state index in [2.05, 4.69) is 43.4 Å². The summed E-state index contributed by atoms with van der Waals surface area (Å²) in [6, 6.07) is 6.84. The summed E-state index contributed by atoms with van der Waals surface area (Å²) >= 11 is 0. The smallest absolute Gasteiger partial charge is 0.00520 e. The summed E-state index contributed by atoms with van der Waals surface area (Å²) in [5.74, 6) is 0.820. The molecular formula is C17H16. The van der Waals surface area contributed by atoms with Gasteiger partial charge in [0.1, 0.15) is 0 Å². The van der Waals surface area contributed by atoms with Crippen LogP contribution >= 0.6 is 0 Å². The predicted octanol–water partition coefficient (Wildman–Crippen LogP) is 4.38. The molecular weight excluding hydrogens is 204 g/mol. The van der Waals surface area contributed by atoms with Crippen LogP contribution in [0.15, 0.2) is 42.0 Å². The minimum Gasteiger partial charge on any atom is -0.0801 e. The fourth-order valence-electron chi connectivity index (χ4n) is 3.49. The van der Waals surface area contributed by atoms with Gasteiger partial charge in [0.05, 0.1) is 0 Å². The molecule has 0 saturated heterocycles. The quantitative estimate of drug-likeness (QED) is 0.659. The molecule has 1 aromatic carbocycles. The molecule has 17 heavy (non-hydrogen) atoms. The standard InChI is InChI=1S/C17H16/c1-11-9-16-15(11)10-13-7-4-8-14(17(13)16)12-5-2-3-6-12/h2-5,7-8,11H,6,9-10H2,1H3. The highest BCUT2D eigenvalue weighted by atomic mass is 14.4. The van der Waals surface area contributed by atoms with E-state index in [0.717, 1.165) is 12.3 Å². The second kappa shape index (κ2) is 3.22. The van der Waals surface area contributed by atoms with E-state index in [-0.39, 0.29) is 0 Å². The SMILES string of the molecule is CC1CC2=C1Cc1cccc(C3=CC=CC3)c12. The second-order valence-corrected chi connectivity index (χ2v) is 5.45. The van der Waals surface area contributed by atoms with Crippen LogP contribution in [-0.2, 0) is 6.42 Å². The molecule has 0 radical (unpaired) electrons. The van der Waals surface area contributed by atoms with Gasteiger partial charge in [-0.2, -0.15) is 0 Å². The van der Waals surface area contributed by atoms with E-state index in [0.29, 0.717) is 0 Å². The van der Waals surface area contributed by atoms with Crippen LogP contribution in [0.25, 0.3) is 11.1 Å². The van der Waals surface area contributed by atoms with Crippen molar-refractivity contribution in [1.82, 2.24) is 0 Å². The minimum atomic E-state index is 0.820. The van der Waals surface area contributed by atoms with Crippen LogP contribution in [0.3, 0.4) is 0 Å². The van der Waals surface area contributed by atoms with Crippen LogP contribution in [0.5, 0.6) is 0 Å². The lowest BCUT2D eigenvalue weighted by molar-refractivity contribution is 0.638. The highest BCUT2D eigenvalue weighted by Gasteiger charge is 2.34. The Morgan fingerprint density at radius 1 is 1.24 bits per heavy atom. The molecule has 84 valence electrons.